The first kappa shape index (κ1) is 19.8. The molecule has 0 spiro atoms. The predicted molar refractivity (Wildman–Crippen MR) is 115 cm³/mol. The Labute approximate surface area is 176 Å². The summed E-state index contributed by atoms with van der Waals surface area (Å²) in [5.41, 5.74) is 4.00. The molecule has 4 rings (SSSR count). The average Bonchev–Trinajstić information content (AvgIpc) is 3.22. The van der Waals surface area contributed by atoms with Gasteiger partial charge in [0, 0.05) is 11.6 Å². The number of hydrogen-bond donors (Lipinski definition) is 1. The first-order valence-electron chi connectivity index (χ1n) is 10.00. The summed E-state index contributed by atoms with van der Waals surface area (Å²) in [7, 11) is 1.65. The fourth-order valence-electron chi connectivity index (χ4n) is 3.55. The van der Waals surface area contributed by atoms with Gasteiger partial charge in [0.2, 0.25) is 6.79 Å². The molecule has 1 amide bonds. The van der Waals surface area contributed by atoms with E-state index in [2.05, 4.69) is 5.32 Å². The minimum atomic E-state index is -0.0763. The number of hydrogen-bond acceptors (Lipinski definition) is 4. The summed E-state index contributed by atoms with van der Waals surface area (Å²) < 4.78 is 16.2. The molecular formula is C25H25NO4. The maximum atomic E-state index is 12.9. The molecule has 3 aromatic rings. The molecule has 30 heavy (non-hydrogen) atoms. The van der Waals surface area contributed by atoms with Crippen LogP contribution in [0, 0.1) is 6.92 Å². The van der Waals surface area contributed by atoms with E-state index in [0.29, 0.717) is 18.4 Å². The van der Waals surface area contributed by atoms with E-state index in [1.807, 2.05) is 73.7 Å². The van der Waals surface area contributed by atoms with Crippen LogP contribution in [0.5, 0.6) is 17.2 Å². The Morgan fingerprint density at radius 1 is 0.933 bits per heavy atom. The summed E-state index contributed by atoms with van der Waals surface area (Å²) in [6.07, 6.45) is 1.39. The molecule has 0 unspecified atom stereocenters. The Hall–Kier alpha value is -3.47. The van der Waals surface area contributed by atoms with Gasteiger partial charge in [-0.25, -0.2) is 0 Å². The fourth-order valence-corrected chi connectivity index (χ4v) is 3.55. The van der Waals surface area contributed by atoms with Crippen molar-refractivity contribution < 1.29 is 19.0 Å². The summed E-state index contributed by atoms with van der Waals surface area (Å²) in [4.78, 5) is 12.9. The van der Waals surface area contributed by atoms with Crippen LogP contribution in [0.15, 0.2) is 66.7 Å². The van der Waals surface area contributed by atoms with Gasteiger partial charge in [-0.05, 0) is 67.3 Å². The van der Waals surface area contributed by atoms with Crippen LogP contribution >= 0.6 is 0 Å². The second-order valence-corrected chi connectivity index (χ2v) is 7.48. The summed E-state index contributed by atoms with van der Waals surface area (Å²) >= 11 is 0. The summed E-state index contributed by atoms with van der Waals surface area (Å²) in [6.45, 7) is 2.26. The van der Waals surface area contributed by atoms with Crippen molar-refractivity contribution in [3.63, 3.8) is 0 Å². The van der Waals surface area contributed by atoms with E-state index in [-0.39, 0.29) is 18.7 Å². The van der Waals surface area contributed by atoms with Crippen molar-refractivity contribution >= 4 is 5.91 Å². The highest BCUT2D eigenvalue weighted by Gasteiger charge is 2.18. The lowest BCUT2D eigenvalue weighted by Gasteiger charge is -2.20. The molecule has 1 heterocycles. The van der Waals surface area contributed by atoms with Crippen LogP contribution in [0.1, 0.15) is 27.0 Å². The van der Waals surface area contributed by atoms with Gasteiger partial charge in [-0.2, -0.15) is 0 Å². The molecule has 154 valence electrons. The molecule has 5 nitrogen and oxygen atoms in total. The molecule has 5 heteroatoms. The highest BCUT2D eigenvalue weighted by molar-refractivity contribution is 5.94. The Morgan fingerprint density at radius 2 is 1.60 bits per heavy atom. The van der Waals surface area contributed by atoms with E-state index in [1.54, 1.807) is 7.11 Å². The fraction of sp³-hybridized carbons (Fsp3) is 0.240. The molecule has 0 aromatic heterocycles. The molecule has 0 bridgehead atoms. The van der Waals surface area contributed by atoms with Crippen LogP contribution in [-0.4, -0.2) is 25.9 Å². The maximum Gasteiger partial charge on any atom is 0.251 e. The Morgan fingerprint density at radius 3 is 2.33 bits per heavy atom. The molecule has 0 fully saturated rings. The molecule has 1 atom stereocenters. The Bertz CT molecular complexity index is 1010. The van der Waals surface area contributed by atoms with Crippen molar-refractivity contribution in [3.8, 4) is 17.2 Å². The zero-order valence-corrected chi connectivity index (χ0v) is 17.2. The third-order valence-electron chi connectivity index (χ3n) is 5.21. The molecule has 0 aliphatic carbocycles. The highest BCUT2D eigenvalue weighted by Crippen LogP contribution is 2.33. The van der Waals surface area contributed by atoms with Gasteiger partial charge in [-0.3, -0.25) is 4.79 Å². The number of carbonyl (C=O) groups is 1. The maximum absolute atomic E-state index is 12.9. The standard InChI is InChI=1S/C25H25NO4/c1-17-3-8-20(9-4-17)25(27)26-21(13-18-5-10-22(28-2)11-6-18)14-19-7-12-23-24(15-19)30-16-29-23/h3-12,15,21H,13-14,16H2,1-2H3,(H,26,27)/t21-/m0/s1. The number of methoxy groups -OCH3 is 1. The van der Waals surface area contributed by atoms with Crippen LogP contribution in [0.2, 0.25) is 0 Å². The van der Waals surface area contributed by atoms with Gasteiger partial charge in [0.25, 0.3) is 5.91 Å². The Kier molecular flexibility index (Phi) is 5.89. The van der Waals surface area contributed by atoms with Gasteiger partial charge in [0.05, 0.1) is 7.11 Å². The number of benzene rings is 3. The molecule has 1 aliphatic heterocycles. The lowest BCUT2D eigenvalue weighted by Crippen LogP contribution is -2.38. The lowest BCUT2D eigenvalue weighted by molar-refractivity contribution is 0.0936. The number of fused-ring (bicyclic) bond motifs is 1. The average molecular weight is 403 g/mol. The number of amides is 1. The summed E-state index contributed by atoms with van der Waals surface area (Å²) in [6, 6.07) is 21.4. The van der Waals surface area contributed by atoms with E-state index in [9.17, 15) is 4.79 Å². The molecule has 0 saturated heterocycles. The molecule has 1 N–H and O–H groups in total. The zero-order valence-electron chi connectivity index (χ0n) is 17.2. The highest BCUT2D eigenvalue weighted by atomic mass is 16.7. The van der Waals surface area contributed by atoms with Crippen molar-refractivity contribution in [1.82, 2.24) is 5.32 Å². The number of ether oxygens (including phenoxy) is 3. The summed E-state index contributed by atoms with van der Waals surface area (Å²) in [5, 5.41) is 3.20. The second kappa shape index (κ2) is 8.91. The molecule has 0 saturated carbocycles. The van der Waals surface area contributed by atoms with Crippen molar-refractivity contribution in [2.24, 2.45) is 0 Å². The van der Waals surface area contributed by atoms with Gasteiger partial charge in [0.15, 0.2) is 11.5 Å². The smallest absolute Gasteiger partial charge is 0.251 e. The van der Waals surface area contributed by atoms with Crippen molar-refractivity contribution in [2.75, 3.05) is 13.9 Å². The van der Waals surface area contributed by atoms with Gasteiger partial charge in [0.1, 0.15) is 5.75 Å². The normalized spacial score (nSPS) is 13.0. The second-order valence-electron chi connectivity index (χ2n) is 7.48. The molecule has 1 aliphatic rings. The van der Waals surface area contributed by atoms with Crippen LogP contribution in [0.3, 0.4) is 0 Å². The van der Waals surface area contributed by atoms with E-state index in [4.69, 9.17) is 14.2 Å². The zero-order chi connectivity index (χ0) is 20.9. The van der Waals surface area contributed by atoms with Crippen LogP contribution in [0.4, 0.5) is 0 Å². The van der Waals surface area contributed by atoms with Crippen molar-refractivity contribution in [3.05, 3.63) is 89.0 Å². The SMILES string of the molecule is COc1ccc(C[C@@H](Cc2ccc3c(c2)OCO3)NC(=O)c2ccc(C)cc2)cc1. The third-order valence-corrected chi connectivity index (χ3v) is 5.21. The molecule has 0 radical (unpaired) electrons. The molecule has 3 aromatic carbocycles. The minimum Gasteiger partial charge on any atom is -0.497 e. The monoisotopic (exact) mass is 403 g/mol. The topological polar surface area (TPSA) is 56.8 Å². The first-order chi connectivity index (χ1) is 14.6. The lowest BCUT2D eigenvalue weighted by atomic mass is 9.98. The van der Waals surface area contributed by atoms with Gasteiger partial charge in [-0.15, -0.1) is 0 Å². The predicted octanol–water partition coefficient (Wildman–Crippen LogP) is 4.32. The van der Waals surface area contributed by atoms with Gasteiger partial charge in [-0.1, -0.05) is 35.9 Å². The summed E-state index contributed by atoms with van der Waals surface area (Å²) in [5.74, 6) is 2.25. The van der Waals surface area contributed by atoms with Crippen LogP contribution < -0.4 is 19.5 Å². The Balaban J connectivity index is 1.53. The van der Waals surface area contributed by atoms with Crippen LogP contribution in [0.25, 0.3) is 0 Å². The van der Waals surface area contributed by atoms with Crippen molar-refractivity contribution in [1.29, 1.82) is 0 Å². The number of rotatable bonds is 7. The molecular weight excluding hydrogens is 378 g/mol. The van der Waals surface area contributed by atoms with Gasteiger partial charge >= 0.3 is 0 Å². The largest absolute Gasteiger partial charge is 0.497 e. The van der Waals surface area contributed by atoms with Crippen LogP contribution in [-0.2, 0) is 12.8 Å². The van der Waals surface area contributed by atoms with E-state index >= 15 is 0 Å². The minimum absolute atomic E-state index is 0.0748. The first-order valence-corrected chi connectivity index (χ1v) is 10.00. The van der Waals surface area contributed by atoms with E-state index < -0.39 is 0 Å². The van der Waals surface area contributed by atoms with Crippen molar-refractivity contribution in [2.45, 2.75) is 25.8 Å². The van der Waals surface area contributed by atoms with E-state index in [1.165, 1.54) is 0 Å². The number of nitrogens with one attached hydrogen (secondary N) is 1. The van der Waals surface area contributed by atoms with Gasteiger partial charge < -0.3 is 19.5 Å². The quantitative estimate of drug-likeness (QED) is 0.639. The number of aryl methyl sites for hydroxylation is 1. The third kappa shape index (κ3) is 4.74. The number of carbonyl (C=O) groups excluding carboxylic acids is 1. The van der Waals surface area contributed by atoms with E-state index in [0.717, 1.165) is 33.9 Å².